The van der Waals surface area contributed by atoms with E-state index in [1.807, 2.05) is 0 Å². The monoisotopic (exact) mass is 213 g/mol. The highest BCUT2D eigenvalue weighted by atomic mass is 15.3. The van der Waals surface area contributed by atoms with Gasteiger partial charge in [-0.15, -0.1) is 0 Å². The Kier molecular flexibility index (Phi) is 2.79. The Morgan fingerprint density at radius 1 is 0.938 bits per heavy atom. The van der Waals surface area contributed by atoms with Crippen LogP contribution in [0.15, 0.2) is 42.5 Å². The molecule has 0 amide bonds. The molecule has 1 fully saturated rings. The fraction of sp³-hybridized carbons (Fsp3) is 0.467. The van der Waals surface area contributed by atoms with Crippen LogP contribution in [-0.4, -0.2) is 17.0 Å². The minimum atomic E-state index is 0.866. The zero-order valence-corrected chi connectivity index (χ0v) is 9.68. The lowest BCUT2D eigenvalue weighted by molar-refractivity contribution is 0.459. The molecule has 1 aromatic rings. The van der Waals surface area contributed by atoms with Gasteiger partial charge in [-0.3, -0.25) is 4.90 Å². The van der Waals surface area contributed by atoms with Crippen molar-refractivity contribution in [3.05, 3.63) is 48.0 Å². The van der Waals surface area contributed by atoms with Crippen molar-refractivity contribution >= 4 is 0 Å². The van der Waals surface area contributed by atoms with E-state index in [0.29, 0.717) is 0 Å². The Labute approximate surface area is 97.8 Å². The fourth-order valence-corrected chi connectivity index (χ4v) is 2.91. The van der Waals surface area contributed by atoms with Gasteiger partial charge in [0.25, 0.3) is 0 Å². The molecule has 1 aromatic carbocycles. The van der Waals surface area contributed by atoms with E-state index in [-0.39, 0.29) is 0 Å². The van der Waals surface area contributed by atoms with Crippen LogP contribution in [-0.2, 0) is 6.54 Å². The Morgan fingerprint density at radius 2 is 1.56 bits per heavy atom. The number of rotatable bonds is 2. The van der Waals surface area contributed by atoms with Crippen LogP contribution in [0.3, 0.4) is 0 Å². The van der Waals surface area contributed by atoms with Crippen LogP contribution in [0.25, 0.3) is 0 Å². The summed E-state index contributed by atoms with van der Waals surface area (Å²) in [5.74, 6) is 0. The van der Waals surface area contributed by atoms with E-state index in [0.717, 1.165) is 18.6 Å². The smallest absolute Gasteiger partial charge is 0.0262 e. The zero-order valence-electron chi connectivity index (χ0n) is 9.68. The Morgan fingerprint density at radius 3 is 2.19 bits per heavy atom. The van der Waals surface area contributed by atoms with E-state index < -0.39 is 0 Å². The second-order valence-electron chi connectivity index (χ2n) is 4.92. The fourth-order valence-electron chi connectivity index (χ4n) is 2.91. The van der Waals surface area contributed by atoms with Gasteiger partial charge in [-0.2, -0.15) is 0 Å². The lowest BCUT2D eigenvalue weighted by atomic mass is 10.1. The molecule has 1 aliphatic carbocycles. The van der Waals surface area contributed by atoms with Crippen LogP contribution < -0.4 is 0 Å². The summed E-state index contributed by atoms with van der Waals surface area (Å²) < 4.78 is 0. The molecule has 3 rings (SSSR count). The quantitative estimate of drug-likeness (QED) is 0.537. The average molecular weight is 213 g/mol. The first-order valence-electron chi connectivity index (χ1n) is 6.40. The maximum Gasteiger partial charge on any atom is 0.0262 e. The molecule has 0 bridgehead atoms. The molecule has 0 spiro atoms. The SMILES string of the molecule is C1=CCC[C@H]2[C@@H](CC1)N2Cc1ccccc1. The van der Waals surface area contributed by atoms with Crippen LogP contribution in [0.2, 0.25) is 0 Å². The third-order valence-corrected chi connectivity index (χ3v) is 3.84. The minimum Gasteiger partial charge on any atom is -0.290 e. The van der Waals surface area contributed by atoms with E-state index in [4.69, 9.17) is 0 Å². The lowest BCUT2D eigenvalue weighted by Crippen LogP contribution is -2.02. The Bertz CT molecular complexity index is 352. The summed E-state index contributed by atoms with van der Waals surface area (Å²) in [5, 5.41) is 0. The second kappa shape index (κ2) is 4.42. The first-order valence-corrected chi connectivity index (χ1v) is 6.40. The maximum absolute atomic E-state index is 2.67. The van der Waals surface area contributed by atoms with E-state index in [9.17, 15) is 0 Å². The summed E-state index contributed by atoms with van der Waals surface area (Å²) in [6.07, 6.45) is 9.96. The van der Waals surface area contributed by atoms with Crippen molar-refractivity contribution in [2.24, 2.45) is 0 Å². The third-order valence-electron chi connectivity index (χ3n) is 3.84. The first-order chi connectivity index (χ1) is 7.95. The molecular formula is C15H19N. The van der Waals surface area contributed by atoms with Crippen molar-refractivity contribution in [3.63, 3.8) is 0 Å². The predicted octanol–water partition coefficient (Wildman–Crippen LogP) is 3.37. The van der Waals surface area contributed by atoms with Gasteiger partial charge in [0.1, 0.15) is 0 Å². The number of hydrogen-bond acceptors (Lipinski definition) is 1. The van der Waals surface area contributed by atoms with E-state index in [1.165, 1.54) is 31.2 Å². The highest BCUT2D eigenvalue weighted by molar-refractivity contribution is 5.17. The number of allylic oxidation sites excluding steroid dienone is 2. The van der Waals surface area contributed by atoms with Gasteiger partial charge < -0.3 is 0 Å². The second-order valence-corrected chi connectivity index (χ2v) is 4.92. The third kappa shape index (κ3) is 2.05. The predicted molar refractivity (Wildman–Crippen MR) is 67.2 cm³/mol. The molecule has 0 saturated carbocycles. The Hall–Kier alpha value is -1.08. The molecule has 16 heavy (non-hydrogen) atoms. The zero-order chi connectivity index (χ0) is 10.8. The topological polar surface area (TPSA) is 3.01 Å². The van der Waals surface area contributed by atoms with Crippen molar-refractivity contribution < 1.29 is 0 Å². The van der Waals surface area contributed by atoms with Crippen LogP contribution in [0.1, 0.15) is 31.2 Å². The van der Waals surface area contributed by atoms with E-state index in [2.05, 4.69) is 47.4 Å². The van der Waals surface area contributed by atoms with Gasteiger partial charge in [0.2, 0.25) is 0 Å². The van der Waals surface area contributed by atoms with Crippen LogP contribution in [0, 0.1) is 0 Å². The summed E-state index contributed by atoms with van der Waals surface area (Å²) in [6.45, 7) is 1.15. The molecule has 2 aliphatic rings. The minimum absolute atomic E-state index is 0.866. The average Bonchev–Trinajstić information content (AvgIpc) is 2.89. The number of benzene rings is 1. The molecule has 0 aromatic heterocycles. The van der Waals surface area contributed by atoms with Crippen LogP contribution in [0.4, 0.5) is 0 Å². The van der Waals surface area contributed by atoms with Crippen LogP contribution in [0.5, 0.6) is 0 Å². The summed E-state index contributed by atoms with van der Waals surface area (Å²) >= 11 is 0. The Balaban J connectivity index is 1.62. The normalized spacial score (nSPS) is 32.6. The summed E-state index contributed by atoms with van der Waals surface area (Å²) in [5.41, 5.74) is 1.46. The highest BCUT2D eigenvalue weighted by Crippen LogP contribution is 2.38. The first kappa shape index (κ1) is 10.1. The lowest BCUT2D eigenvalue weighted by Gasteiger charge is -2.03. The molecular weight excluding hydrogens is 194 g/mol. The van der Waals surface area contributed by atoms with Crippen molar-refractivity contribution in [1.82, 2.24) is 4.90 Å². The molecule has 84 valence electrons. The highest BCUT2D eigenvalue weighted by Gasteiger charge is 2.45. The van der Waals surface area contributed by atoms with E-state index >= 15 is 0 Å². The van der Waals surface area contributed by atoms with Gasteiger partial charge in [0.05, 0.1) is 0 Å². The molecule has 1 heteroatoms. The largest absolute Gasteiger partial charge is 0.290 e. The molecule has 1 heterocycles. The van der Waals surface area contributed by atoms with E-state index in [1.54, 1.807) is 0 Å². The van der Waals surface area contributed by atoms with Gasteiger partial charge in [-0.1, -0.05) is 42.5 Å². The standard InChI is InChI=1S/C15H19N/c1-2-7-11-15-14(10-6-1)16(15)12-13-8-4-3-5-9-13/h1-5,8-9,14-15H,6-7,10-12H2/t14-,15+,16?. The van der Waals surface area contributed by atoms with Gasteiger partial charge in [-0.25, -0.2) is 0 Å². The van der Waals surface area contributed by atoms with Crippen molar-refractivity contribution in [2.75, 3.05) is 0 Å². The van der Waals surface area contributed by atoms with Crippen LogP contribution >= 0.6 is 0 Å². The summed E-state index contributed by atoms with van der Waals surface area (Å²) in [7, 11) is 0. The molecule has 3 atom stereocenters. The van der Waals surface area contributed by atoms with Gasteiger partial charge >= 0.3 is 0 Å². The molecule has 1 aliphatic heterocycles. The van der Waals surface area contributed by atoms with Crippen molar-refractivity contribution in [1.29, 1.82) is 0 Å². The molecule has 0 radical (unpaired) electrons. The van der Waals surface area contributed by atoms with Crippen molar-refractivity contribution in [2.45, 2.75) is 44.3 Å². The van der Waals surface area contributed by atoms with Gasteiger partial charge in [-0.05, 0) is 31.2 Å². The number of nitrogens with zero attached hydrogens (tertiary/aromatic N) is 1. The summed E-state index contributed by atoms with van der Waals surface area (Å²) in [6, 6.07) is 12.6. The summed E-state index contributed by atoms with van der Waals surface area (Å²) in [4.78, 5) is 2.67. The van der Waals surface area contributed by atoms with Gasteiger partial charge in [0, 0.05) is 18.6 Å². The number of hydrogen-bond donors (Lipinski definition) is 0. The molecule has 1 saturated heterocycles. The van der Waals surface area contributed by atoms with Crippen molar-refractivity contribution in [3.8, 4) is 0 Å². The molecule has 0 N–H and O–H groups in total. The maximum atomic E-state index is 2.67. The molecule has 1 unspecified atom stereocenters. The number of fused-ring (bicyclic) bond motifs is 1. The molecule has 1 nitrogen and oxygen atoms in total. The van der Waals surface area contributed by atoms with Gasteiger partial charge in [0.15, 0.2) is 0 Å².